The Morgan fingerprint density at radius 3 is 2.29 bits per heavy atom. The molecule has 0 spiro atoms. The molecule has 7 nitrogen and oxygen atoms in total. The Labute approximate surface area is 183 Å². The fourth-order valence-electron chi connectivity index (χ4n) is 2.84. The van der Waals surface area contributed by atoms with Crippen LogP contribution in [0.2, 0.25) is 0 Å². The Balaban J connectivity index is 1.59. The molecule has 1 aromatic carbocycles. The topological polar surface area (TPSA) is 97.4 Å². The number of pyridine rings is 1. The van der Waals surface area contributed by atoms with Crippen molar-refractivity contribution in [3.05, 3.63) is 59.9 Å². The standard InChI is InChI=1S/C24H31N3O4/c1-2-3-4-17-31-21-7-5-20(6-8-21)22(28)9-10-23(29)26-16-13-24(30)27-18-19-11-14-25-15-12-19/h5-8,11-12,14-15H,2-4,9-10,13,16-18H2,1H3,(H,26,29)(H,27,30). The van der Waals surface area contributed by atoms with E-state index in [0.717, 1.165) is 30.6 Å². The molecule has 0 aliphatic heterocycles. The number of nitrogens with zero attached hydrogens (tertiary/aromatic N) is 1. The molecule has 1 heterocycles. The number of nitrogens with one attached hydrogen (secondary N) is 2. The molecule has 2 amide bonds. The number of ether oxygens (including phenoxy) is 1. The average molecular weight is 426 g/mol. The van der Waals surface area contributed by atoms with E-state index in [9.17, 15) is 14.4 Å². The van der Waals surface area contributed by atoms with E-state index >= 15 is 0 Å². The Kier molecular flexibility index (Phi) is 10.8. The maximum atomic E-state index is 12.3. The second-order valence-corrected chi connectivity index (χ2v) is 7.24. The molecular formula is C24H31N3O4. The van der Waals surface area contributed by atoms with Gasteiger partial charge >= 0.3 is 0 Å². The van der Waals surface area contributed by atoms with Crippen molar-refractivity contribution in [2.24, 2.45) is 0 Å². The van der Waals surface area contributed by atoms with Gasteiger partial charge in [0, 0.05) is 50.3 Å². The number of ketones is 1. The minimum atomic E-state index is -0.244. The first-order valence-corrected chi connectivity index (χ1v) is 10.8. The number of amides is 2. The maximum Gasteiger partial charge on any atom is 0.222 e. The summed E-state index contributed by atoms with van der Waals surface area (Å²) in [6.07, 6.45) is 7.02. The van der Waals surface area contributed by atoms with E-state index in [1.807, 2.05) is 12.1 Å². The van der Waals surface area contributed by atoms with Gasteiger partial charge in [-0.3, -0.25) is 19.4 Å². The first-order valence-electron chi connectivity index (χ1n) is 10.8. The van der Waals surface area contributed by atoms with E-state index in [2.05, 4.69) is 22.5 Å². The second kappa shape index (κ2) is 13.9. The smallest absolute Gasteiger partial charge is 0.222 e. The zero-order chi connectivity index (χ0) is 22.3. The highest BCUT2D eigenvalue weighted by Gasteiger charge is 2.10. The van der Waals surface area contributed by atoms with Gasteiger partial charge in [-0.1, -0.05) is 19.8 Å². The molecule has 0 atom stereocenters. The second-order valence-electron chi connectivity index (χ2n) is 7.24. The highest BCUT2D eigenvalue weighted by Crippen LogP contribution is 2.14. The monoisotopic (exact) mass is 425 g/mol. The van der Waals surface area contributed by atoms with Crippen molar-refractivity contribution in [3.63, 3.8) is 0 Å². The molecule has 2 rings (SSSR count). The van der Waals surface area contributed by atoms with Gasteiger partial charge in [0.2, 0.25) is 11.8 Å². The van der Waals surface area contributed by atoms with Crippen molar-refractivity contribution >= 4 is 17.6 Å². The number of carbonyl (C=O) groups excluding carboxylic acids is 3. The highest BCUT2D eigenvalue weighted by molar-refractivity contribution is 5.98. The van der Waals surface area contributed by atoms with Crippen LogP contribution in [0.4, 0.5) is 0 Å². The number of hydrogen-bond donors (Lipinski definition) is 2. The van der Waals surface area contributed by atoms with E-state index in [1.54, 1.807) is 36.7 Å². The highest BCUT2D eigenvalue weighted by atomic mass is 16.5. The van der Waals surface area contributed by atoms with Crippen molar-refractivity contribution < 1.29 is 19.1 Å². The summed E-state index contributed by atoms with van der Waals surface area (Å²) in [5.74, 6) is 0.256. The zero-order valence-electron chi connectivity index (χ0n) is 18.1. The molecule has 0 saturated heterocycles. The molecule has 0 unspecified atom stereocenters. The third-order valence-electron chi connectivity index (χ3n) is 4.69. The number of carbonyl (C=O) groups is 3. The minimum Gasteiger partial charge on any atom is -0.494 e. The van der Waals surface area contributed by atoms with E-state index in [1.165, 1.54) is 0 Å². The summed E-state index contributed by atoms with van der Waals surface area (Å²) in [4.78, 5) is 40.0. The van der Waals surface area contributed by atoms with Crippen LogP contribution in [-0.2, 0) is 16.1 Å². The molecule has 1 aromatic heterocycles. The van der Waals surface area contributed by atoms with Gasteiger partial charge in [0.15, 0.2) is 5.78 Å². The van der Waals surface area contributed by atoms with Gasteiger partial charge in [-0.15, -0.1) is 0 Å². The molecule has 0 fully saturated rings. The molecule has 166 valence electrons. The van der Waals surface area contributed by atoms with Crippen LogP contribution < -0.4 is 15.4 Å². The summed E-state index contributed by atoms with van der Waals surface area (Å²) in [5.41, 5.74) is 1.52. The Hall–Kier alpha value is -3.22. The summed E-state index contributed by atoms with van der Waals surface area (Å²) in [5, 5.41) is 5.46. The predicted molar refractivity (Wildman–Crippen MR) is 119 cm³/mol. The minimum absolute atomic E-state index is 0.0900. The maximum absolute atomic E-state index is 12.3. The number of rotatable bonds is 14. The average Bonchev–Trinajstić information content (AvgIpc) is 2.80. The van der Waals surface area contributed by atoms with Crippen molar-refractivity contribution in [1.82, 2.24) is 15.6 Å². The summed E-state index contributed by atoms with van der Waals surface area (Å²) in [6.45, 7) is 3.47. The predicted octanol–water partition coefficient (Wildman–Crippen LogP) is 3.44. The SMILES string of the molecule is CCCCCOc1ccc(C(=O)CCC(=O)NCCC(=O)NCc2ccncc2)cc1. The van der Waals surface area contributed by atoms with Crippen LogP contribution in [0.15, 0.2) is 48.8 Å². The molecule has 0 saturated carbocycles. The van der Waals surface area contributed by atoms with Crippen LogP contribution in [0.5, 0.6) is 5.75 Å². The number of hydrogen-bond acceptors (Lipinski definition) is 5. The van der Waals surface area contributed by atoms with Crippen LogP contribution in [0.1, 0.15) is 61.4 Å². The fourth-order valence-corrected chi connectivity index (χ4v) is 2.84. The molecule has 31 heavy (non-hydrogen) atoms. The van der Waals surface area contributed by atoms with Gasteiger partial charge in [0.25, 0.3) is 0 Å². The summed E-state index contributed by atoms with van der Waals surface area (Å²) in [6, 6.07) is 10.7. The fraction of sp³-hybridized carbons (Fsp3) is 0.417. The van der Waals surface area contributed by atoms with Gasteiger partial charge < -0.3 is 15.4 Å². The zero-order valence-corrected chi connectivity index (χ0v) is 18.1. The molecule has 0 aliphatic rings. The lowest BCUT2D eigenvalue weighted by molar-refractivity contribution is -0.122. The quantitative estimate of drug-likeness (QED) is 0.357. The van der Waals surface area contributed by atoms with Gasteiger partial charge in [-0.05, 0) is 48.4 Å². The number of Topliss-reactive ketones (excluding diaryl/α,β-unsaturated/α-hetero) is 1. The first kappa shape index (κ1) is 24.1. The van der Waals surface area contributed by atoms with Crippen molar-refractivity contribution in [1.29, 1.82) is 0 Å². The number of benzene rings is 1. The molecule has 2 aromatic rings. The van der Waals surface area contributed by atoms with Crippen LogP contribution in [-0.4, -0.2) is 35.7 Å². The van der Waals surface area contributed by atoms with Crippen LogP contribution >= 0.6 is 0 Å². The third kappa shape index (κ3) is 9.89. The summed E-state index contributed by atoms with van der Waals surface area (Å²) < 4.78 is 5.64. The largest absolute Gasteiger partial charge is 0.494 e. The van der Waals surface area contributed by atoms with E-state index in [-0.39, 0.29) is 43.4 Å². The molecule has 7 heteroatoms. The lowest BCUT2D eigenvalue weighted by Crippen LogP contribution is -2.30. The molecule has 0 aliphatic carbocycles. The normalized spacial score (nSPS) is 10.4. The van der Waals surface area contributed by atoms with Crippen LogP contribution in [0, 0.1) is 0 Å². The van der Waals surface area contributed by atoms with Crippen molar-refractivity contribution in [3.8, 4) is 5.75 Å². The van der Waals surface area contributed by atoms with Crippen LogP contribution in [0.3, 0.4) is 0 Å². The molecule has 0 bridgehead atoms. The van der Waals surface area contributed by atoms with E-state index in [4.69, 9.17) is 4.74 Å². The molecular weight excluding hydrogens is 394 g/mol. The van der Waals surface area contributed by atoms with Gasteiger partial charge in [-0.25, -0.2) is 0 Å². The number of aromatic nitrogens is 1. The van der Waals surface area contributed by atoms with Crippen LogP contribution in [0.25, 0.3) is 0 Å². The molecule has 2 N–H and O–H groups in total. The summed E-state index contributed by atoms with van der Waals surface area (Å²) >= 11 is 0. The van der Waals surface area contributed by atoms with E-state index in [0.29, 0.717) is 18.7 Å². The van der Waals surface area contributed by atoms with Crippen molar-refractivity contribution in [2.45, 2.75) is 52.0 Å². The Morgan fingerprint density at radius 2 is 1.58 bits per heavy atom. The van der Waals surface area contributed by atoms with Gasteiger partial charge in [0.1, 0.15) is 5.75 Å². The third-order valence-corrected chi connectivity index (χ3v) is 4.69. The number of unbranched alkanes of at least 4 members (excludes halogenated alkanes) is 2. The molecule has 0 radical (unpaired) electrons. The van der Waals surface area contributed by atoms with Gasteiger partial charge in [0.05, 0.1) is 6.61 Å². The first-order chi connectivity index (χ1) is 15.1. The Morgan fingerprint density at radius 1 is 0.871 bits per heavy atom. The Bertz CT molecular complexity index is 822. The van der Waals surface area contributed by atoms with E-state index < -0.39 is 0 Å². The van der Waals surface area contributed by atoms with Gasteiger partial charge in [-0.2, -0.15) is 0 Å². The lowest BCUT2D eigenvalue weighted by Gasteiger charge is -2.08. The van der Waals surface area contributed by atoms with Crippen molar-refractivity contribution in [2.75, 3.05) is 13.2 Å². The summed E-state index contributed by atoms with van der Waals surface area (Å²) in [7, 11) is 0. The lowest BCUT2D eigenvalue weighted by atomic mass is 10.1.